The number of pyridine rings is 1. The van der Waals surface area contributed by atoms with Gasteiger partial charge in [-0.2, -0.15) is 0 Å². The van der Waals surface area contributed by atoms with Crippen molar-refractivity contribution in [1.82, 2.24) is 10.3 Å². The van der Waals surface area contributed by atoms with Crippen molar-refractivity contribution in [3.63, 3.8) is 0 Å². The van der Waals surface area contributed by atoms with Crippen LogP contribution in [0.2, 0.25) is 0 Å². The maximum Gasteiger partial charge on any atom is 0.163 e. The normalized spacial score (nSPS) is 12.5. The molecule has 3 aromatic rings. The monoisotopic (exact) mass is 284 g/mol. The first-order valence-electron chi connectivity index (χ1n) is 6.66. The largest absolute Gasteiger partial charge is 0.309 e. The van der Waals surface area contributed by atoms with Crippen LogP contribution in [0.15, 0.2) is 54.7 Å². The number of benzene rings is 2. The highest BCUT2D eigenvalue weighted by Gasteiger charge is 2.18. The van der Waals surface area contributed by atoms with Gasteiger partial charge >= 0.3 is 0 Å². The molecule has 2 nitrogen and oxygen atoms in total. The molecule has 0 aliphatic heterocycles. The molecule has 1 heterocycles. The predicted octanol–water partition coefficient (Wildman–Crippen LogP) is 3.82. The summed E-state index contributed by atoms with van der Waals surface area (Å²) in [5.74, 6) is -1.65. The zero-order valence-electron chi connectivity index (χ0n) is 11.5. The summed E-state index contributed by atoms with van der Waals surface area (Å²) < 4.78 is 27.4. The van der Waals surface area contributed by atoms with Gasteiger partial charge in [0.05, 0.1) is 11.6 Å². The number of nitrogens with zero attached hydrogens (tertiary/aromatic N) is 1. The van der Waals surface area contributed by atoms with Gasteiger partial charge in [0.1, 0.15) is 0 Å². The van der Waals surface area contributed by atoms with Gasteiger partial charge in [-0.15, -0.1) is 0 Å². The maximum atomic E-state index is 14.0. The Morgan fingerprint density at radius 2 is 1.90 bits per heavy atom. The lowest BCUT2D eigenvalue weighted by Gasteiger charge is -2.18. The highest BCUT2D eigenvalue weighted by atomic mass is 19.2. The highest BCUT2D eigenvalue weighted by molar-refractivity contribution is 5.79. The summed E-state index contributed by atoms with van der Waals surface area (Å²) in [5.41, 5.74) is 2.03. The molecule has 1 N–H and O–H groups in total. The summed E-state index contributed by atoms with van der Waals surface area (Å²) >= 11 is 0. The van der Waals surface area contributed by atoms with E-state index < -0.39 is 17.7 Å². The van der Waals surface area contributed by atoms with E-state index in [-0.39, 0.29) is 0 Å². The molecule has 0 bridgehead atoms. The molecule has 0 radical (unpaired) electrons. The van der Waals surface area contributed by atoms with Crippen LogP contribution in [0.4, 0.5) is 8.78 Å². The fraction of sp³-hybridized carbons (Fsp3) is 0.118. The second-order valence-electron chi connectivity index (χ2n) is 4.82. The molecule has 1 aromatic heterocycles. The molecule has 0 aliphatic rings. The van der Waals surface area contributed by atoms with Crippen molar-refractivity contribution in [1.29, 1.82) is 0 Å². The van der Waals surface area contributed by atoms with E-state index in [1.165, 1.54) is 6.07 Å². The van der Waals surface area contributed by atoms with Crippen molar-refractivity contribution >= 4 is 10.9 Å². The van der Waals surface area contributed by atoms with E-state index in [0.717, 1.165) is 22.5 Å². The molecule has 21 heavy (non-hydrogen) atoms. The second kappa shape index (κ2) is 5.58. The first kappa shape index (κ1) is 13.6. The van der Waals surface area contributed by atoms with Crippen molar-refractivity contribution in [3.8, 4) is 0 Å². The molecular formula is C17H14F2N2. The van der Waals surface area contributed by atoms with E-state index in [4.69, 9.17) is 0 Å². The Morgan fingerprint density at radius 1 is 1.05 bits per heavy atom. The summed E-state index contributed by atoms with van der Waals surface area (Å²) in [7, 11) is 1.72. The Hall–Kier alpha value is -2.33. The zero-order valence-corrected chi connectivity index (χ0v) is 11.5. The van der Waals surface area contributed by atoms with Gasteiger partial charge in [0.2, 0.25) is 0 Å². The van der Waals surface area contributed by atoms with Crippen molar-refractivity contribution < 1.29 is 8.78 Å². The Balaban J connectivity index is 2.11. The van der Waals surface area contributed by atoms with Crippen LogP contribution in [-0.4, -0.2) is 12.0 Å². The van der Waals surface area contributed by atoms with Crippen LogP contribution in [0.1, 0.15) is 17.2 Å². The van der Waals surface area contributed by atoms with Gasteiger partial charge in [-0.25, -0.2) is 8.78 Å². The lowest BCUT2D eigenvalue weighted by molar-refractivity contribution is 0.487. The summed E-state index contributed by atoms with van der Waals surface area (Å²) in [6.07, 6.45) is 1.73. The molecule has 0 saturated carbocycles. The van der Waals surface area contributed by atoms with E-state index in [1.54, 1.807) is 19.3 Å². The van der Waals surface area contributed by atoms with Crippen LogP contribution >= 0.6 is 0 Å². The number of fused-ring (bicyclic) bond motifs is 1. The first-order valence-corrected chi connectivity index (χ1v) is 6.66. The van der Waals surface area contributed by atoms with Crippen LogP contribution < -0.4 is 5.32 Å². The van der Waals surface area contributed by atoms with Gasteiger partial charge in [-0.05, 0) is 36.9 Å². The van der Waals surface area contributed by atoms with Crippen molar-refractivity contribution in [2.24, 2.45) is 0 Å². The van der Waals surface area contributed by atoms with Gasteiger partial charge in [0.15, 0.2) is 11.6 Å². The molecule has 0 amide bonds. The van der Waals surface area contributed by atoms with Gasteiger partial charge in [0, 0.05) is 17.1 Å². The molecule has 4 heteroatoms. The number of hydrogen-bond acceptors (Lipinski definition) is 2. The minimum absolute atomic E-state index is 0.292. The molecule has 0 aliphatic carbocycles. The third-order valence-corrected chi connectivity index (χ3v) is 3.54. The zero-order chi connectivity index (χ0) is 14.8. The summed E-state index contributed by atoms with van der Waals surface area (Å²) in [6.45, 7) is 0. The van der Waals surface area contributed by atoms with Crippen LogP contribution in [-0.2, 0) is 0 Å². The third-order valence-electron chi connectivity index (χ3n) is 3.54. The fourth-order valence-corrected chi connectivity index (χ4v) is 2.52. The van der Waals surface area contributed by atoms with Crippen molar-refractivity contribution in [2.45, 2.75) is 6.04 Å². The van der Waals surface area contributed by atoms with Crippen LogP contribution in [0.3, 0.4) is 0 Å². The molecule has 0 fully saturated rings. The number of aromatic nitrogens is 1. The van der Waals surface area contributed by atoms with Gasteiger partial charge in [-0.1, -0.05) is 24.3 Å². The average Bonchev–Trinajstić information content (AvgIpc) is 2.52. The Kier molecular flexibility index (Phi) is 3.62. The molecule has 1 unspecified atom stereocenters. The molecule has 0 spiro atoms. The van der Waals surface area contributed by atoms with E-state index in [1.807, 2.05) is 30.3 Å². The standard InChI is InChI=1S/C17H14F2N2/c1-20-17(13-5-2-6-14(18)16(13)19)12-7-8-15-11(10-12)4-3-9-21-15/h2-10,17,20H,1H3. The van der Waals surface area contributed by atoms with Gasteiger partial charge < -0.3 is 5.32 Å². The topological polar surface area (TPSA) is 24.9 Å². The summed E-state index contributed by atoms with van der Waals surface area (Å²) in [5, 5.41) is 4.01. The maximum absolute atomic E-state index is 14.0. The van der Waals surface area contributed by atoms with E-state index >= 15 is 0 Å². The quantitative estimate of drug-likeness (QED) is 0.791. The third kappa shape index (κ3) is 2.50. The summed E-state index contributed by atoms with van der Waals surface area (Å²) in [4.78, 5) is 4.26. The molecule has 2 aromatic carbocycles. The van der Waals surface area contributed by atoms with Crippen LogP contribution in [0.5, 0.6) is 0 Å². The molecule has 1 atom stereocenters. The number of halogens is 2. The van der Waals surface area contributed by atoms with Crippen molar-refractivity contribution in [3.05, 3.63) is 77.5 Å². The number of rotatable bonds is 3. The smallest absolute Gasteiger partial charge is 0.163 e. The fourth-order valence-electron chi connectivity index (χ4n) is 2.52. The first-order chi connectivity index (χ1) is 10.2. The second-order valence-corrected chi connectivity index (χ2v) is 4.82. The lowest BCUT2D eigenvalue weighted by Crippen LogP contribution is -2.19. The number of hydrogen-bond donors (Lipinski definition) is 1. The highest BCUT2D eigenvalue weighted by Crippen LogP contribution is 2.27. The Morgan fingerprint density at radius 3 is 2.71 bits per heavy atom. The van der Waals surface area contributed by atoms with Gasteiger partial charge in [0.25, 0.3) is 0 Å². The minimum atomic E-state index is -0.838. The van der Waals surface area contributed by atoms with Crippen molar-refractivity contribution in [2.75, 3.05) is 7.05 Å². The van der Waals surface area contributed by atoms with E-state index in [9.17, 15) is 8.78 Å². The van der Waals surface area contributed by atoms with Crippen LogP contribution in [0.25, 0.3) is 10.9 Å². The van der Waals surface area contributed by atoms with Gasteiger partial charge in [-0.3, -0.25) is 4.98 Å². The molecule has 3 rings (SSSR count). The average molecular weight is 284 g/mol. The number of nitrogens with one attached hydrogen (secondary N) is 1. The molecule has 0 saturated heterocycles. The molecule has 106 valence electrons. The Bertz CT molecular complexity index is 787. The lowest BCUT2D eigenvalue weighted by atomic mass is 9.97. The van der Waals surface area contributed by atoms with E-state index in [2.05, 4.69) is 10.3 Å². The summed E-state index contributed by atoms with van der Waals surface area (Å²) in [6, 6.07) is 13.3. The predicted molar refractivity (Wildman–Crippen MR) is 79.0 cm³/mol. The minimum Gasteiger partial charge on any atom is -0.309 e. The van der Waals surface area contributed by atoms with E-state index in [0.29, 0.717) is 5.56 Å². The SMILES string of the molecule is CNC(c1ccc2ncccc2c1)c1cccc(F)c1F. The molecular weight excluding hydrogens is 270 g/mol. The Labute approximate surface area is 121 Å². The van der Waals surface area contributed by atoms with Crippen LogP contribution in [0, 0.1) is 11.6 Å².